The second-order valence-corrected chi connectivity index (χ2v) is 5.53. The predicted molar refractivity (Wildman–Crippen MR) is 82.7 cm³/mol. The average Bonchev–Trinajstić information content (AvgIpc) is 2.80. The number of hydrogen-bond donors (Lipinski definition) is 1. The Kier molecular flexibility index (Phi) is 3.55. The van der Waals surface area contributed by atoms with Crippen LogP contribution in [0.2, 0.25) is 0 Å². The van der Waals surface area contributed by atoms with Gasteiger partial charge in [-0.05, 0) is 19.2 Å². The molecule has 2 heterocycles. The molecule has 2 aromatic rings. The normalized spacial score (nSPS) is 16.4. The number of nitrogens with two attached hydrogens (primary N) is 1. The van der Waals surface area contributed by atoms with E-state index < -0.39 is 0 Å². The van der Waals surface area contributed by atoms with Crippen LogP contribution in [0.5, 0.6) is 0 Å². The van der Waals surface area contributed by atoms with Gasteiger partial charge in [-0.3, -0.25) is 4.68 Å². The van der Waals surface area contributed by atoms with Crippen molar-refractivity contribution in [2.45, 2.75) is 0 Å². The first-order chi connectivity index (χ1) is 10.0. The third kappa shape index (κ3) is 2.71. The van der Waals surface area contributed by atoms with Gasteiger partial charge in [-0.1, -0.05) is 6.07 Å². The van der Waals surface area contributed by atoms with Gasteiger partial charge >= 0.3 is 0 Å². The van der Waals surface area contributed by atoms with Crippen LogP contribution >= 0.6 is 0 Å². The van der Waals surface area contributed by atoms with Gasteiger partial charge in [0.05, 0.1) is 11.4 Å². The summed E-state index contributed by atoms with van der Waals surface area (Å²) < 4.78 is 16.0. The Bertz CT molecular complexity index is 624. The number of rotatable bonds is 2. The van der Waals surface area contributed by atoms with E-state index in [4.69, 9.17) is 5.73 Å². The summed E-state index contributed by atoms with van der Waals surface area (Å²) in [6.45, 7) is 3.61. The highest BCUT2D eigenvalue weighted by Gasteiger charge is 2.18. The van der Waals surface area contributed by atoms with Crippen molar-refractivity contribution >= 4 is 11.5 Å². The molecule has 1 aromatic heterocycles. The first-order valence-electron chi connectivity index (χ1n) is 7.07. The highest BCUT2D eigenvalue weighted by atomic mass is 19.1. The van der Waals surface area contributed by atoms with E-state index in [9.17, 15) is 4.39 Å². The first kappa shape index (κ1) is 13.9. The Morgan fingerprint density at radius 3 is 2.38 bits per heavy atom. The molecule has 0 atom stereocenters. The number of nitrogen functional groups attached to an aromatic ring is 1. The predicted octanol–water partition coefficient (Wildman–Crippen LogP) is 1.56. The topological polar surface area (TPSA) is 50.3 Å². The lowest BCUT2D eigenvalue weighted by Crippen LogP contribution is -2.44. The van der Waals surface area contributed by atoms with Crippen molar-refractivity contribution < 1.29 is 4.39 Å². The number of piperazine rings is 1. The van der Waals surface area contributed by atoms with Gasteiger partial charge in [0.15, 0.2) is 0 Å². The molecule has 2 N–H and O–H groups in total. The van der Waals surface area contributed by atoms with Crippen LogP contribution in [-0.2, 0) is 7.05 Å². The zero-order chi connectivity index (χ0) is 15.0. The van der Waals surface area contributed by atoms with Crippen molar-refractivity contribution in [3.05, 3.63) is 30.1 Å². The molecule has 1 saturated heterocycles. The fraction of sp³-hybridized carbons (Fsp3) is 0.400. The Labute approximate surface area is 123 Å². The van der Waals surface area contributed by atoms with Gasteiger partial charge in [-0.25, -0.2) is 4.39 Å². The van der Waals surface area contributed by atoms with Crippen molar-refractivity contribution in [3.63, 3.8) is 0 Å². The van der Waals surface area contributed by atoms with Crippen LogP contribution in [0.1, 0.15) is 0 Å². The summed E-state index contributed by atoms with van der Waals surface area (Å²) in [5.74, 6) is 0.356. The molecule has 6 heteroatoms. The van der Waals surface area contributed by atoms with Gasteiger partial charge in [0.2, 0.25) is 0 Å². The lowest BCUT2D eigenvalue weighted by molar-refractivity contribution is 0.311. The van der Waals surface area contributed by atoms with Crippen LogP contribution in [0.15, 0.2) is 24.3 Å². The van der Waals surface area contributed by atoms with E-state index in [0.29, 0.717) is 17.2 Å². The van der Waals surface area contributed by atoms with E-state index in [-0.39, 0.29) is 5.82 Å². The molecule has 0 saturated carbocycles. The summed E-state index contributed by atoms with van der Waals surface area (Å²) in [4.78, 5) is 4.34. The second kappa shape index (κ2) is 5.37. The Hall–Kier alpha value is -2.08. The molecule has 0 unspecified atom stereocenters. The number of aromatic nitrogens is 2. The van der Waals surface area contributed by atoms with Crippen LogP contribution in [0.3, 0.4) is 0 Å². The average molecular weight is 289 g/mol. The van der Waals surface area contributed by atoms with Crippen LogP contribution in [0.4, 0.5) is 15.9 Å². The SMILES string of the molecule is CN1CCN(c2ccc(-c3cc(N)n(C)n3)cc2F)CC1. The van der Waals surface area contributed by atoms with Gasteiger partial charge in [0.25, 0.3) is 0 Å². The summed E-state index contributed by atoms with van der Waals surface area (Å²) in [7, 11) is 3.86. The quantitative estimate of drug-likeness (QED) is 0.911. The molecule has 112 valence electrons. The number of benzene rings is 1. The minimum Gasteiger partial charge on any atom is -0.384 e. The third-order valence-electron chi connectivity index (χ3n) is 4.00. The molecular formula is C15H20FN5. The molecule has 1 aliphatic rings. The molecular weight excluding hydrogens is 269 g/mol. The van der Waals surface area contributed by atoms with Gasteiger partial charge < -0.3 is 15.5 Å². The zero-order valence-corrected chi connectivity index (χ0v) is 12.4. The van der Waals surface area contributed by atoms with E-state index in [1.165, 1.54) is 6.07 Å². The number of aryl methyl sites for hydroxylation is 1. The molecule has 0 bridgehead atoms. The molecule has 0 aliphatic carbocycles. The smallest absolute Gasteiger partial charge is 0.147 e. The number of likely N-dealkylation sites (N-methyl/N-ethyl adjacent to an activating group) is 1. The minimum absolute atomic E-state index is 0.207. The highest BCUT2D eigenvalue weighted by molar-refractivity contribution is 5.66. The van der Waals surface area contributed by atoms with E-state index in [2.05, 4.69) is 21.9 Å². The van der Waals surface area contributed by atoms with Crippen molar-refractivity contribution in [3.8, 4) is 11.3 Å². The monoisotopic (exact) mass is 289 g/mol. The molecule has 1 fully saturated rings. The molecule has 0 amide bonds. The van der Waals surface area contributed by atoms with Crippen LogP contribution in [0, 0.1) is 5.82 Å². The minimum atomic E-state index is -0.207. The van der Waals surface area contributed by atoms with Crippen molar-refractivity contribution in [1.29, 1.82) is 0 Å². The van der Waals surface area contributed by atoms with Crippen LogP contribution < -0.4 is 10.6 Å². The van der Waals surface area contributed by atoms with Crippen LogP contribution in [0.25, 0.3) is 11.3 Å². The van der Waals surface area contributed by atoms with E-state index >= 15 is 0 Å². The number of hydrogen-bond acceptors (Lipinski definition) is 4. The number of halogens is 1. The van der Waals surface area contributed by atoms with Crippen molar-refractivity contribution in [2.75, 3.05) is 43.9 Å². The summed E-state index contributed by atoms with van der Waals surface area (Å²) in [6.07, 6.45) is 0. The third-order valence-corrected chi connectivity index (χ3v) is 4.00. The Balaban J connectivity index is 1.86. The van der Waals surface area contributed by atoms with Gasteiger partial charge in [0, 0.05) is 44.9 Å². The molecule has 3 rings (SSSR count). The molecule has 0 radical (unpaired) electrons. The standard InChI is InChI=1S/C15H20FN5/c1-19-5-7-21(8-6-19)14-4-3-11(9-12(14)16)13-10-15(17)20(2)18-13/h3-4,9-10H,5-8,17H2,1-2H3. The molecule has 5 nitrogen and oxygen atoms in total. The largest absolute Gasteiger partial charge is 0.384 e. The first-order valence-corrected chi connectivity index (χ1v) is 7.07. The second-order valence-electron chi connectivity index (χ2n) is 5.53. The fourth-order valence-corrected chi connectivity index (χ4v) is 2.59. The maximum Gasteiger partial charge on any atom is 0.147 e. The Morgan fingerprint density at radius 2 is 1.81 bits per heavy atom. The lowest BCUT2D eigenvalue weighted by atomic mass is 10.1. The maximum atomic E-state index is 14.4. The van der Waals surface area contributed by atoms with Crippen molar-refractivity contribution in [1.82, 2.24) is 14.7 Å². The number of anilines is 2. The van der Waals surface area contributed by atoms with E-state index in [0.717, 1.165) is 31.7 Å². The zero-order valence-electron chi connectivity index (χ0n) is 12.4. The molecule has 21 heavy (non-hydrogen) atoms. The summed E-state index contributed by atoms with van der Waals surface area (Å²) in [5.41, 5.74) is 7.87. The van der Waals surface area contributed by atoms with Gasteiger partial charge in [-0.15, -0.1) is 0 Å². The Morgan fingerprint density at radius 1 is 1.10 bits per heavy atom. The molecule has 1 aromatic carbocycles. The summed E-state index contributed by atoms with van der Waals surface area (Å²) in [6, 6.07) is 7.03. The van der Waals surface area contributed by atoms with Crippen molar-refractivity contribution in [2.24, 2.45) is 7.05 Å². The van der Waals surface area contributed by atoms with E-state index in [1.54, 1.807) is 17.8 Å². The summed E-state index contributed by atoms with van der Waals surface area (Å²) in [5, 5.41) is 4.28. The van der Waals surface area contributed by atoms with Gasteiger partial charge in [-0.2, -0.15) is 5.10 Å². The molecule has 1 aliphatic heterocycles. The fourth-order valence-electron chi connectivity index (χ4n) is 2.59. The molecule has 0 spiro atoms. The maximum absolute atomic E-state index is 14.4. The van der Waals surface area contributed by atoms with Crippen LogP contribution in [-0.4, -0.2) is 47.9 Å². The number of nitrogens with zero attached hydrogens (tertiary/aromatic N) is 4. The van der Waals surface area contributed by atoms with Gasteiger partial charge in [0.1, 0.15) is 11.6 Å². The highest BCUT2D eigenvalue weighted by Crippen LogP contribution is 2.27. The van der Waals surface area contributed by atoms with E-state index in [1.807, 2.05) is 12.1 Å². The summed E-state index contributed by atoms with van der Waals surface area (Å²) >= 11 is 0. The lowest BCUT2D eigenvalue weighted by Gasteiger charge is -2.34.